The van der Waals surface area contributed by atoms with Crippen molar-refractivity contribution in [2.24, 2.45) is 0 Å². The predicted octanol–water partition coefficient (Wildman–Crippen LogP) is 2.16. The van der Waals surface area contributed by atoms with Gasteiger partial charge in [-0.1, -0.05) is 0 Å². The highest BCUT2D eigenvalue weighted by molar-refractivity contribution is 5.79. The van der Waals surface area contributed by atoms with E-state index in [0.29, 0.717) is 0 Å². The molecule has 0 atom stereocenters. The summed E-state index contributed by atoms with van der Waals surface area (Å²) in [6, 6.07) is 3.88. The average Bonchev–Trinajstić information content (AvgIpc) is 2.08. The van der Waals surface area contributed by atoms with E-state index in [1.165, 1.54) is 0 Å². The number of anilines is 1. The van der Waals surface area contributed by atoms with Gasteiger partial charge in [-0.25, -0.2) is 0 Å². The number of nitrogens with one attached hydrogen (secondary N) is 1. The van der Waals surface area contributed by atoms with E-state index >= 15 is 0 Å². The Morgan fingerprint density at radius 2 is 1.92 bits per heavy atom. The minimum atomic E-state index is 0.770. The van der Waals surface area contributed by atoms with Crippen molar-refractivity contribution >= 4 is 12.0 Å². The molecule has 1 aromatic carbocycles. The summed E-state index contributed by atoms with van der Waals surface area (Å²) in [5.74, 6) is 0. The third-order valence-corrected chi connectivity index (χ3v) is 2.01. The molecule has 0 spiro atoms. The monoisotopic (exact) mass is 163 g/mol. The number of benzene rings is 1. The Balaban J connectivity index is 3.25. The van der Waals surface area contributed by atoms with Crippen molar-refractivity contribution in [1.29, 1.82) is 0 Å². The molecule has 64 valence electrons. The fourth-order valence-electron chi connectivity index (χ4n) is 1.23. The molecule has 1 N–H and O–H groups in total. The van der Waals surface area contributed by atoms with E-state index in [1.54, 1.807) is 0 Å². The summed E-state index contributed by atoms with van der Waals surface area (Å²) in [6.45, 7) is 3.92. The maximum absolute atomic E-state index is 10.6. The van der Waals surface area contributed by atoms with Gasteiger partial charge in [-0.2, -0.15) is 0 Å². The second-order valence-electron chi connectivity index (χ2n) is 2.89. The molecule has 12 heavy (non-hydrogen) atoms. The average molecular weight is 163 g/mol. The van der Waals surface area contributed by atoms with Crippen LogP contribution in [0.15, 0.2) is 12.1 Å². The summed E-state index contributed by atoms with van der Waals surface area (Å²) in [7, 11) is 1.88. The highest BCUT2D eigenvalue weighted by Gasteiger charge is 2.01. The number of aryl methyl sites for hydroxylation is 2. The van der Waals surface area contributed by atoms with Gasteiger partial charge < -0.3 is 5.32 Å². The van der Waals surface area contributed by atoms with E-state index in [0.717, 1.165) is 28.7 Å². The quantitative estimate of drug-likeness (QED) is 0.677. The van der Waals surface area contributed by atoms with E-state index in [1.807, 2.05) is 33.0 Å². The van der Waals surface area contributed by atoms with Crippen LogP contribution in [0, 0.1) is 13.8 Å². The van der Waals surface area contributed by atoms with E-state index < -0.39 is 0 Å². The van der Waals surface area contributed by atoms with E-state index in [-0.39, 0.29) is 0 Å². The molecule has 2 nitrogen and oxygen atoms in total. The molecule has 0 saturated carbocycles. The van der Waals surface area contributed by atoms with Gasteiger partial charge in [-0.15, -0.1) is 0 Å². The Kier molecular flexibility index (Phi) is 2.48. The van der Waals surface area contributed by atoms with Crippen molar-refractivity contribution in [2.75, 3.05) is 12.4 Å². The Morgan fingerprint density at radius 1 is 1.25 bits per heavy atom. The first kappa shape index (κ1) is 8.78. The van der Waals surface area contributed by atoms with Crippen molar-refractivity contribution in [3.05, 3.63) is 28.8 Å². The van der Waals surface area contributed by atoms with Crippen molar-refractivity contribution in [1.82, 2.24) is 0 Å². The molecule has 0 radical (unpaired) electrons. The molecule has 0 bridgehead atoms. The summed E-state index contributed by atoms with van der Waals surface area (Å²) in [5, 5.41) is 3.07. The van der Waals surface area contributed by atoms with Crippen LogP contribution in [0.25, 0.3) is 0 Å². The van der Waals surface area contributed by atoms with Gasteiger partial charge in [0.05, 0.1) is 0 Å². The van der Waals surface area contributed by atoms with Crippen LogP contribution >= 0.6 is 0 Å². The molecule has 0 unspecified atom stereocenters. The minimum absolute atomic E-state index is 0.770. The molecule has 0 aliphatic rings. The van der Waals surface area contributed by atoms with E-state index in [4.69, 9.17) is 0 Å². The largest absolute Gasteiger partial charge is 0.388 e. The van der Waals surface area contributed by atoms with E-state index in [2.05, 4.69) is 5.32 Å². The molecule has 0 amide bonds. The third kappa shape index (κ3) is 1.47. The van der Waals surface area contributed by atoms with Gasteiger partial charge in [0.25, 0.3) is 0 Å². The molecular formula is C10H13NO. The van der Waals surface area contributed by atoms with Crippen LogP contribution in [-0.4, -0.2) is 13.3 Å². The zero-order chi connectivity index (χ0) is 9.14. The Morgan fingerprint density at radius 3 is 2.42 bits per heavy atom. The molecule has 0 aliphatic heterocycles. The molecule has 0 heterocycles. The van der Waals surface area contributed by atoms with Crippen molar-refractivity contribution in [3.63, 3.8) is 0 Å². The number of carbonyl (C=O) groups excluding carboxylic acids is 1. The summed E-state index contributed by atoms with van der Waals surface area (Å²) >= 11 is 0. The maximum atomic E-state index is 10.6. The van der Waals surface area contributed by atoms with Crippen LogP contribution in [-0.2, 0) is 0 Å². The van der Waals surface area contributed by atoms with Crippen LogP contribution in [0.3, 0.4) is 0 Å². The first-order valence-corrected chi connectivity index (χ1v) is 3.93. The Hall–Kier alpha value is -1.31. The van der Waals surface area contributed by atoms with Crippen LogP contribution in [0.2, 0.25) is 0 Å². The van der Waals surface area contributed by atoms with Crippen LogP contribution < -0.4 is 5.32 Å². The van der Waals surface area contributed by atoms with Gasteiger partial charge in [0.15, 0.2) is 0 Å². The maximum Gasteiger partial charge on any atom is 0.150 e. The number of hydrogen-bond donors (Lipinski definition) is 1. The standard InChI is InChI=1S/C10H13NO/c1-7-5-10(11-3)8(2)4-9(7)6-12/h4-6,11H,1-3H3. The van der Waals surface area contributed by atoms with Gasteiger partial charge in [0.1, 0.15) is 6.29 Å². The van der Waals surface area contributed by atoms with Gasteiger partial charge >= 0.3 is 0 Å². The van der Waals surface area contributed by atoms with Crippen LogP contribution in [0.4, 0.5) is 5.69 Å². The fraction of sp³-hybridized carbons (Fsp3) is 0.300. The lowest BCUT2D eigenvalue weighted by Gasteiger charge is -2.07. The van der Waals surface area contributed by atoms with Gasteiger partial charge in [0.2, 0.25) is 0 Å². The second kappa shape index (κ2) is 3.39. The van der Waals surface area contributed by atoms with Crippen molar-refractivity contribution in [2.45, 2.75) is 13.8 Å². The first-order valence-electron chi connectivity index (χ1n) is 3.93. The molecule has 1 aromatic rings. The number of carbonyl (C=O) groups is 1. The lowest BCUT2D eigenvalue weighted by Crippen LogP contribution is -1.95. The minimum Gasteiger partial charge on any atom is -0.388 e. The zero-order valence-electron chi connectivity index (χ0n) is 7.64. The Bertz CT molecular complexity index is 305. The molecule has 0 saturated heterocycles. The Labute approximate surface area is 72.6 Å². The first-order chi connectivity index (χ1) is 5.69. The lowest BCUT2D eigenvalue weighted by atomic mass is 10.0. The van der Waals surface area contributed by atoms with Crippen LogP contribution in [0.1, 0.15) is 21.5 Å². The SMILES string of the molecule is CNc1cc(C)c(C=O)cc1C. The zero-order valence-corrected chi connectivity index (χ0v) is 7.64. The second-order valence-corrected chi connectivity index (χ2v) is 2.89. The summed E-state index contributed by atoms with van der Waals surface area (Å²) < 4.78 is 0. The highest BCUT2D eigenvalue weighted by Crippen LogP contribution is 2.18. The molecule has 0 fully saturated rings. The van der Waals surface area contributed by atoms with Gasteiger partial charge in [0, 0.05) is 18.3 Å². The number of aldehydes is 1. The fourth-order valence-corrected chi connectivity index (χ4v) is 1.23. The number of rotatable bonds is 2. The predicted molar refractivity (Wildman–Crippen MR) is 50.9 cm³/mol. The molecular weight excluding hydrogens is 150 g/mol. The normalized spacial score (nSPS) is 9.58. The molecule has 0 aromatic heterocycles. The molecule has 2 heteroatoms. The smallest absolute Gasteiger partial charge is 0.150 e. The van der Waals surface area contributed by atoms with Gasteiger partial charge in [-0.05, 0) is 37.1 Å². The summed E-state index contributed by atoms with van der Waals surface area (Å²) in [4.78, 5) is 10.6. The number of hydrogen-bond acceptors (Lipinski definition) is 2. The van der Waals surface area contributed by atoms with Gasteiger partial charge in [-0.3, -0.25) is 4.79 Å². The molecule has 0 aliphatic carbocycles. The highest BCUT2D eigenvalue weighted by atomic mass is 16.1. The summed E-state index contributed by atoms with van der Waals surface area (Å²) in [6.07, 6.45) is 0.891. The van der Waals surface area contributed by atoms with E-state index in [9.17, 15) is 4.79 Å². The van der Waals surface area contributed by atoms with Crippen molar-refractivity contribution < 1.29 is 4.79 Å². The summed E-state index contributed by atoms with van der Waals surface area (Å²) in [5.41, 5.74) is 3.97. The third-order valence-electron chi connectivity index (χ3n) is 2.01. The van der Waals surface area contributed by atoms with Crippen LogP contribution in [0.5, 0.6) is 0 Å². The van der Waals surface area contributed by atoms with Crippen molar-refractivity contribution in [3.8, 4) is 0 Å². The topological polar surface area (TPSA) is 29.1 Å². The molecule has 1 rings (SSSR count). The lowest BCUT2D eigenvalue weighted by molar-refractivity contribution is 0.112.